The molecular formula is C21H27F2N3O3. The van der Waals surface area contributed by atoms with Crippen LogP contribution in [0.1, 0.15) is 26.2 Å². The first-order valence-electron chi connectivity index (χ1n) is 9.93. The van der Waals surface area contributed by atoms with Crippen molar-refractivity contribution in [1.29, 1.82) is 0 Å². The molecule has 8 heteroatoms. The van der Waals surface area contributed by atoms with Gasteiger partial charge in [-0.3, -0.25) is 9.69 Å². The van der Waals surface area contributed by atoms with E-state index in [0.717, 1.165) is 25.2 Å². The molecule has 29 heavy (non-hydrogen) atoms. The molecule has 1 atom stereocenters. The average molecular weight is 407 g/mol. The molecular weight excluding hydrogens is 380 g/mol. The number of morpholine rings is 1. The second-order valence-electron chi connectivity index (χ2n) is 7.48. The third-order valence-corrected chi connectivity index (χ3v) is 5.12. The number of carbonyl (C=O) groups excluding carboxylic acids is 1. The molecule has 1 amide bonds. The van der Waals surface area contributed by atoms with Gasteiger partial charge in [-0.05, 0) is 18.1 Å². The van der Waals surface area contributed by atoms with Crippen LogP contribution in [-0.2, 0) is 16.0 Å². The van der Waals surface area contributed by atoms with Crippen molar-refractivity contribution in [2.45, 2.75) is 32.7 Å². The van der Waals surface area contributed by atoms with E-state index in [0.29, 0.717) is 25.7 Å². The Bertz CT molecular complexity index is 799. The van der Waals surface area contributed by atoms with Crippen LogP contribution in [0.25, 0.3) is 11.3 Å². The van der Waals surface area contributed by atoms with Crippen LogP contribution in [0.15, 0.2) is 28.8 Å². The lowest BCUT2D eigenvalue weighted by Crippen LogP contribution is -2.51. The van der Waals surface area contributed by atoms with Crippen LogP contribution in [0.5, 0.6) is 0 Å². The molecule has 0 saturated carbocycles. The van der Waals surface area contributed by atoms with Crippen LogP contribution in [0, 0.1) is 17.6 Å². The third kappa shape index (κ3) is 5.61. The smallest absolute Gasteiger partial charge is 0.220 e. The standard InChI is InChI=1S/C21H27F2N3O3/c1-14(2)17(26-8-10-28-11-9-26)12-24-19(27)6-7-20-25-13-18(29-20)21-15(22)4-3-5-16(21)23/h3-5,13-14,17H,6-12H2,1-2H3,(H,24,27). The Morgan fingerprint density at radius 1 is 1.24 bits per heavy atom. The van der Waals surface area contributed by atoms with E-state index in [9.17, 15) is 13.6 Å². The van der Waals surface area contributed by atoms with Gasteiger partial charge in [-0.1, -0.05) is 19.9 Å². The number of amides is 1. The molecule has 1 fully saturated rings. The fraction of sp³-hybridized carbons (Fsp3) is 0.524. The van der Waals surface area contributed by atoms with Crippen LogP contribution in [0.4, 0.5) is 8.78 Å². The zero-order valence-corrected chi connectivity index (χ0v) is 16.8. The zero-order valence-electron chi connectivity index (χ0n) is 16.8. The number of rotatable bonds is 8. The summed E-state index contributed by atoms with van der Waals surface area (Å²) in [5, 5.41) is 2.98. The molecule has 0 spiro atoms. The lowest BCUT2D eigenvalue weighted by atomic mass is 10.0. The van der Waals surface area contributed by atoms with Gasteiger partial charge in [0, 0.05) is 38.5 Å². The topological polar surface area (TPSA) is 67.6 Å². The van der Waals surface area contributed by atoms with Crippen molar-refractivity contribution in [3.8, 4) is 11.3 Å². The van der Waals surface area contributed by atoms with Gasteiger partial charge < -0.3 is 14.5 Å². The van der Waals surface area contributed by atoms with Crippen LogP contribution < -0.4 is 5.32 Å². The lowest BCUT2D eigenvalue weighted by molar-refractivity contribution is -0.121. The summed E-state index contributed by atoms with van der Waals surface area (Å²) in [5.41, 5.74) is -0.249. The van der Waals surface area contributed by atoms with Gasteiger partial charge in [0.15, 0.2) is 11.7 Å². The van der Waals surface area contributed by atoms with Crippen LogP contribution in [0.3, 0.4) is 0 Å². The Morgan fingerprint density at radius 2 is 1.93 bits per heavy atom. The summed E-state index contributed by atoms with van der Waals surface area (Å²) in [6.07, 6.45) is 1.72. The first kappa shape index (κ1) is 21.4. The average Bonchev–Trinajstić information content (AvgIpc) is 3.15. The van der Waals surface area contributed by atoms with Gasteiger partial charge in [-0.25, -0.2) is 13.8 Å². The molecule has 1 aliphatic rings. The van der Waals surface area contributed by atoms with Crippen molar-refractivity contribution in [2.75, 3.05) is 32.8 Å². The molecule has 2 heterocycles. The first-order chi connectivity index (χ1) is 14.0. The highest BCUT2D eigenvalue weighted by Crippen LogP contribution is 2.26. The minimum Gasteiger partial charge on any atom is -0.441 e. The molecule has 3 rings (SSSR count). The van der Waals surface area contributed by atoms with Gasteiger partial charge in [0.1, 0.15) is 11.6 Å². The molecule has 0 aliphatic carbocycles. The molecule has 0 radical (unpaired) electrons. The maximum atomic E-state index is 13.9. The number of aromatic nitrogens is 1. The molecule has 6 nitrogen and oxygen atoms in total. The summed E-state index contributed by atoms with van der Waals surface area (Å²) in [6.45, 7) is 8.01. The third-order valence-electron chi connectivity index (χ3n) is 5.12. The zero-order chi connectivity index (χ0) is 20.8. The largest absolute Gasteiger partial charge is 0.441 e. The maximum Gasteiger partial charge on any atom is 0.220 e. The Morgan fingerprint density at radius 3 is 2.59 bits per heavy atom. The normalized spacial score (nSPS) is 16.2. The lowest BCUT2D eigenvalue weighted by Gasteiger charge is -2.36. The number of carbonyl (C=O) groups is 1. The van der Waals surface area contributed by atoms with Gasteiger partial charge in [-0.2, -0.15) is 0 Å². The summed E-state index contributed by atoms with van der Waals surface area (Å²) in [7, 11) is 0. The molecule has 2 aromatic rings. The van der Waals surface area contributed by atoms with Crippen LogP contribution in [0.2, 0.25) is 0 Å². The fourth-order valence-corrected chi connectivity index (χ4v) is 3.50. The molecule has 0 bridgehead atoms. The number of nitrogens with one attached hydrogen (secondary N) is 1. The van der Waals surface area contributed by atoms with Gasteiger partial charge in [0.25, 0.3) is 0 Å². The summed E-state index contributed by atoms with van der Waals surface area (Å²) < 4.78 is 38.5. The number of benzene rings is 1. The number of halogens is 2. The van der Waals surface area contributed by atoms with E-state index >= 15 is 0 Å². The van der Waals surface area contributed by atoms with E-state index in [1.54, 1.807) is 0 Å². The summed E-state index contributed by atoms with van der Waals surface area (Å²) in [6, 6.07) is 3.86. The van der Waals surface area contributed by atoms with Gasteiger partial charge in [0.05, 0.1) is 25.0 Å². The molecule has 1 aromatic carbocycles. The van der Waals surface area contributed by atoms with Crippen LogP contribution >= 0.6 is 0 Å². The van der Waals surface area contributed by atoms with Crippen LogP contribution in [-0.4, -0.2) is 54.7 Å². The monoisotopic (exact) mass is 407 g/mol. The number of nitrogens with zero attached hydrogens (tertiary/aromatic N) is 2. The van der Waals surface area contributed by atoms with Gasteiger partial charge >= 0.3 is 0 Å². The Hall–Kier alpha value is -2.32. The van der Waals surface area contributed by atoms with Crippen molar-refractivity contribution in [1.82, 2.24) is 15.2 Å². The fourth-order valence-electron chi connectivity index (χ4n) is 3.50. The Labute approximate surface area is 169 Å². The molecule has 158 valence electrons. The quantitative estimate of drug-likeness (QED) is 0.729. The molecule has 1 N–H and O–H groups in total. The highest BCUT2D eigenvalue weighted by molar-refractivity contribution is 5.76. The van der Waals surface area contributed by atoms with E-state index in [-0.39, 0.29) is 42.0 Å². The summed E-state index contributed by atoms with van der Waals surface area (Å²) >= 11 is 0. The van der Waals surface area contributed by atoms with E-state index in [1.807, 2.05) is 0 Å². The van der Waals surface area contributed by atoms with Gasteiger partial charge in [0.2, 0.25) is 5.91 Å². The van der Waals surface area contributed by atoms with Crippen molar-refractivity contribution < 1.29 is 22.7 Å². The Balaban J connectivity index is 1.51. The van der Waals surface area contributed by atoms with Crippen molar-refractivity contribution in [3.63, 3.8) is 0 Å². The molecule has 1 aromatic heterocycles. The highest BCUT2D eigenvalue weighted by Gasteiger charge is 2.24. The second-order valence-corrected chi connectivity index (χ2v) is 7.48. The summed E-state index contributed by atoms with van der Waals surface area (Å²) in [4.78, 5) is 18.7. The summed E-state index contributed by atoms with van der Waals surface area (Å²) in [5.74, 6) is -0.852. The second kappa shape index (κ2) is 9.93. The highest BCUT2D eigenvalue weighted by atomic mass is 19.1. The SMILES string of the molecule is CC(C)C(CNC(=O)CCc1ncc(-c2c(F)cccc2F)o1)N1CCOCC1. The molecule has 1 aliphatic heterocycles. The minimum atomic E-state index is -0.715. The number of aryl methyl sites for hydroxylation is 1. The number of ether oxygens (including phenoxy) is 1. The molecule has 1 saturated heterocycles. The number of hydrogen-bond donors (Lipinski definition) is 1. The predicted molar refractivity (Wildman–Crippen MR) is 104 cm³/mol. The van der Waals surface area contributed by atoms with Crippen molar-refractivity contribution in [2.24, 2.45) is 5.92 Å². The molecule has 1 unspecified atom stereocenters. The predicted octanol–water partition coefficient (Wildman–Crippen LogP) is 3.03. The Kier molecular flexibility index (Phi) is 7.33. The first-order valence-corrected chi connectivity index (χ1v) is 9.93. The van der Waals surface area contributed by atoms with Crippen molar-refractivity contribution >= 4 is 5.91 Å². The van der Waals surface area contributed by atoms with Crippen molar-refractivity contribution in [3.05, 3.63) is 41.9 Å². The number of oxazole rings is 1. The van der Waals surface area contributed by atoms with E-state index in [1.165, 1.54) is 12.3 Å². The van der Waals surface area contributed by atoms with E-state index in [4.69, 9.17) is 9.15 Å². The number of hydrogen-bond acceptors (Lipinski definition) is 5. The van der Waals surface area contributed by atoms with Gasteiger partial charge in [-0.15, -0.1) is 0 Å². The minimum absolute atomic E-state index is 0.0168. The maximum absolute atomic E-state index is 13.9. The van der Waals surface area contributed by atoms with E-state index < -0.39 is 11.6 Å². The van der Waals surface area contributed by atoms with E-state index in [2.05, 4.69) is 29.0 Å².